The van der Waals surface area contributed by atoms with Gasteiger partial charge in [-0.05, 0) is 48.2 Å². The molecule has 0 amide bonds. The maximum absolute atomic E-state index is 13.0. The smallest absolute Gasteiger partial charge is 0.347 e. The summed E-state index contributed by atoms with van der Waals surface area (Å²) in [6.07, 6.45) is 1.88. The van der Waals surface area contributed by atoms with E-state index in [0.29, 0.717) is 29.3 Å². The Morgan fingerprint density at radius 1 is 0.825 bits per heavy atom. The third-order valence-electron chi connectivity index (χ3n) is 7.26. The summed E-state index contributed by atoms with van der Waals surface area (Å²) in [5.74, 6) is 2.14. The van der Waals surface area contributed by atoms with Gasteiger partial charge in [-0.25, -0.2) is 4.79 Å². The van der Waals surface area contributed by atoms with E-state index >= 15 is 0 Å². The molecule has 0 saturated carbocycles. The lowest BCUT2D eigenvalue weighted by Gasteiger charge is -2.34. The number of piperazine rings is 1. The summed E-state index contributed by atoms with van der Waals surface area (Å²) < 4.78 is 23.0. The van der Waals surface area contributed by atoms with Gasteiger partial charge in [0.2, 0.25) is 0 Å². The lowest BCUT2D eigenvalue weighted by Crippen LogP contribution is -2.46. The van der Waals surface area contributed by atoms with Crippen LogP contribution < -0.4 is 19.8 Å². The third-order valence-corrected chi connectivity index (χ3v) is 7.26. The Kier molecular flexibility index (Phi) is 9.37. The highest BCUT2D eigenvalue weighted by molar-refractivity contribution is 5.91. The van der Waals surface area contributed by atoms with E-state index in [1.807, 2.05) is 42.5 Å². The lowest BCUT2D eigenvalue weighted by atomic mass is 10.0. The van der Waals surface area contributed by atoms with Crippen LogP contribution in [0, 0.1) is 0 Å². The average molecular weight is 543 g/mol. The predicted octanol–water partition coefficient (Wildman–Crippen LogP) is 5.84. The molecule has 0 radical (unpaired) electrons. The van der Waals surface area contributed by atoms with E-state index in [1.165, 1.54) is 5.56 Å². The highest BCUT2D eigenvalue weighted by Gasteiger charge is 2.20. The van der Waals surface area contributed by atoms with Crippen LogP contribution in [0.4, 0.5) is 0 Å². The van der Waals surface area contributed by atoms with Gasteiger partial charge in [0.25, 0.3) is 0 Å². The van der Waals surface area contributed by atoms with Crippen LogP contribution in [0.1, 0.15) is 25.3 Å². The highest BCUT2D eigenvalue weighted by atomic mass is 16.5. The molecular formula is C33H38N2O5. The summed E-state index contributed by atoms with van der Waals surface area (Å²) in [6, 6.07) is 23.5. The van der Waals surface area contributed by atoms with Gasteiger partial charge >= 0.3 is 5.63 Å². The molecule has 0 bridgehead atoms. The van der Waals surface area contributed by atoms with E-state index in [9.17, 15) is 4.79 Å². The van der Waals surface area contributed by atoms with Gasteiger partial charge in [0.15, 0.2) is 0 Å². The number of ether oxygens (including phenoxy) is 3. The maximum atomic E-state index is 13.0. The van der Waals surface area contributed by atoms with Gasteiger partial charge in [0.05, 0.1) is 25.7 Å². The Balaban J connectivity index is 1.16. The van der Waals surface area contributed by atoms with Crippen molar-refractivity contribution in [3.63, 3.8) is 0 Å². The molecule has 210 valence electrons. The van der Waals surface area contributed by atoms with Gasteiger partial charge in [0, 0.05) is 45.3 Å². The normalized spacial score (nSPS) is 14.3. The molecule has 1 fully saturated rings. The minimum Gasteiger partial charge on any atom is -0.497 e. The SMILES string of the molecule is CCCOc1ccc(CN2CCN(CCCOc3c(-c4ccccc4)c(=O)oc4cc(OC)ccc34)CC2)cc1. The zero-order valence-corrected chi connectivity index (χ0v) is 23.4. The number of nitrogens with zero attached hydrogens (tertiary/aromatic N) is 2. The summed E-state index contributed by atoms with van der Waals surface area (Å²) in [5.41, 5.74) is 2.59. The molecule has 0 N–H and O–H groups in total. The van der Waals surface area contributed by atoms with Crippen molar-refractivity contribution >= 4 is 11.0 Å². The van der Waals surface area contributed by atoms with Crippen LogP contribution >= 0.6 is 0 Å². The zero-order valence-electron chi connectivity index (χ0n) is 23.4. The maximum Gasteiger partial charge on any atom is 0.347 e. The molecule has 1 aliphatic rings. The molecule has 5 rings (SSSR count). The topological polar surface area (TPSA) is 64.4 Å². The van der Waals surface area contributed by atoms with E-state index in [4.69, 9.17) is 18.6 Å². The number of hydrogen-bond donors (Lipinski definition) is 0. The van der Waals surface area contributed by atoms with Gasteiger partial charge in [0.1, 0.15) is 28.4 Å². The van der Waals surface area contributed by atoms with Crippen LogP contribution in [-0.4, -0.2) is 62.8 Å². The number of hydrogen-bond acceptors (Lipinski definition) is 7. The van der Waals surface area contributed by atoms with Gasteiger partial charge < -0.3 is 23.5 Å². The molecule has 2 heterocycles. The second-order valence-corrected chi connectivity index (χ2v) is 10.1. The third kappa shape index (κ3) is 6.84. The lowest BCUT2D eigenvalue weighted by molar-refractivity contribution is 0.121. The fourth-order valence-electron chi connectivity index (χ4n) is 5.09. The number of benzene rings is 3. The summed E-state index contributed by atoms with van der Waals surface area (Å²) >= 11 is 0. The molecule has 4 aromatic rings. The Morgan fingerprint density at radius 3 is 2.27 bits per heavy atom. The van der Waals surface area contributed by atoms with Crippen LogP contribution in [-0.2, 0) is 6.54 Å². The summed E-state index contributed by atoms with van der Waals surface area (Å²) in [7, 11) is 1.59. The molecule has 7 nitrogen and oxygen atoms in total. The van der Waals surface area contributed by atoms with Crippen molar-refractivity contribution in [1.29, 1.82) is 0 Å². The van der Waals surface area contributed by atoms with Crippen molar-refractivity contribution < 1.29 is 18.6 Å². The minimum absolute atomic E-state index is 0.416. The number of methoxy groups -OCH3 is 1. The first-order valence-electron chi connectivity index (χ1n) is 14.1. The molecule has 0 spiro atoms. The molecule has 1 aromatic heterocycles. The van der Waals surface area contributed by atoms with Crippen molar-refractivity contribution in [2.75, 3.05) is 53.0 Å². The second-order valence-electron chi connectivity index (χ2n) is 10.1. The summed E-state index contributed by atoms with van der Waals surface area (Å²) in [6.45, 7) is 9.44. The Bertz CT molecular complexity index is 1430. The number of rotatable bonds is 12. The molecule has 7 heteroatoms. The van der Waals surface area contributed by atoms with E-state index in [2.05, 4.69) is 41.0 Å². The standard InChI is InChI=1S/C33H38N2O5/c1-3-21-38-27-12-10-25(11-13-27)24-35-19-17-34(18-20-35)16-7-22-39-32-29-15-14-28(37-2)23-30(29)40-33(36)31(32)26-8-5-4-6-9-26/h4-6,8-15,23H,3,7,16-22,24H2,1-2H3. The van der Waals surface area contributed by atoms with Crippen molar-refractivity contribution in [1.82, 2.24) is 9.80 Å². The molecule has 1 aliphatic heterocycles. The van der Waals surface area contributed by atoms with Gasteiger partial charge in [-0.2, -0.15) is 0 Å². The fourth-order valence-corrected chi connectivity index (χ4v) is 5.09. The molecule has 3 aromatic carbocycles. The molecule has 0 atom stereocenters. The summed E-state index contributed by atoms with van der Waals surface area (Å²) in [4.78, 5) is 18.0. The van der Waals surface area contributed by atoms with Crippen molar-refractivity contribution in [2.24, 2.45) is 0 Å². The largest absolute Gasteiger partial charge is 0.497 e. The van der Waals surface area contributed by atoms with E-state index < -0.39 is 5.63 Å². The predicted molar refractivity (Wildman–Crippen MR) is 159 cm³/mol. The second kappa shape index (κ2) is 13.5. The fraction of sp³-hybridized carbons (Fsp3) is 0.364. The molecule has 1 saturated heterocycles. The van der Waals surface area contributed by atoms with Gasteiger partial charge in [-0.3, -0.25) is 4.90 Å². The quantitative estimate of drug-likeness (QED) is 0.165. The van der Waals surface area contributed by atoms with Gasteiger partial charge in [-0.15, -0.1) is 0 Å². The van der Waals surface area contributed by atoms with E-state index in [0.717, 1.165) is 75.4 Å². The number of fused-ring (bicyclic) bond motifs is 1. The first kappa shape index (κ1) is 27.7. The molecular weight excluding hydrogens is 504 g/mol. The first-order valence-corrected chi connectivity index (χ1v) is 14.1. The average Bonchev–Trinajstić information content (AvgIpc) is 2.99. The Hall–Kier alpha value is -3.81. The zero-order chi connectivity index (χ0) is 27.7. The molecule has 0 unspecified atom stereocenters. The van der Waals surface area contributed by atoms with Gasteiger partial charge in [-0.1, -0.05) is 49.4 Å². The van der Waals surface area contributed by atoms with Crippen LogP contribution in [0.2, 0.25) is 0 Å². The minimum atomic E-state index is -0.416. The van der Waals surface area contributed by atoms with Crippen LogP contribution in [0.15, 0.2) is 82.0 Å². The molecule has 0 aliphatic carbocycles. The van der Waals surface area contributed by atoms with Crippen LogP contribution in [0.3, 0.4) is 0 Å². The van der Waals surface area contributed by atoms with Crippen molar-refractivity contribution in [3.05, 3.63) is 88.8 Å². The van der Waals surface area contributed by atoms with Crippen LogP contribution in [0.5, 0.6) is 17.2 Å². The monoisotopic (exact) mass is 542 g/mol. The summed E-state index contributed by atoms with van der Waals surface area (Å²) in [5, 5.41) is 0.762. The van der Waals surface area contributed by atoms with Crippen molar-refractivity contribution in [2.45, 2.75) is 26.3 Å². The van der Waals surface area contributed by atoms with Crippen molar-refractivity contribution in [3.8, 4) is 28.4 Å². The molecule has 40 heavy (non-hydrogen) atoms. The Labute approximate surface area is 235 Å². The highest BCUT2D eigenvalue weighted by Crippen LogP contribution is 2.35. The van der Waals surface area contributed by atoms with Crippen LogP contribution in [0.25, 0.3) is 22.1 Å². The van der Waals surface area contributed by atoms with E-state index in [1.54, 1.807) is 13.2 Å². The van der Waals surface area contributed by atoms with E-state index in [-0.39, 0.29) is 0 Å². The first-order chi connectivity index (χ1) is 19.6. The Morgan fingerprint density at radius 2 is 1.55 bits per heavy atom.